The van der Waals surface area contributed by atoms with Gasteiger partial charge in [-0.25, -0.2) is 0 Å². The van der Waals surface area contributed by atoms with Gasteiger partial charge in [0.25, 0.3) is 0 Å². The normalized spacial score (nSPS) is 22.4. The van der Waals surface area contributed by atoms with Gasteiger partial charge in [0.05, 0.1) is 18.8 Å². The van der Waals surface area contributed by atoms with Crippen LogP contribution in [0, 0.1) is 0 Å². The zero-order chi connectivity index (χ0) is 36.7. The van der Waals surface area contributed by atoms with Crippen molar-refractivity contribution in [3.05, 3.63) is 24.3 Å². The van der Waals surface area contributed by atoms with Crippen LogP contribution in [0.3, 0.4) is 0 Å². The maximum Gasteiger partial charge on any atom is 0.220 e. The van der Waals surface area contributed by atoms with E-state index in [1.54, 1.807) is 0 Å². The summed E-state index contributed by atoms with van der Waals surface area (Å²) in [6, 6.07) is -0.742. The van der Waals surface area contributed by atoms with Gasteiger partial charge in [-0.3, -0.25) is 4.79 Å². The highest BCUT2D eigenvalue weighted by atomic mass is 16.7. The molecular weight excluding hydrogens is 634 g/mol. The lowest BCUT2D eigenvalue weighted by Gasteiger charge is -2.38. The summed E-state index contributed by atoms with van der Waals surface area (Å²) in [6.07, 6.45) is 29.2. The molecule has 1 heterocycles. The molecular formula is C41H77NO8. The first kappa shape index (κ1) is 46.7. The lowest BCUT2D eigenvalue weighted by atomic mass is 10.0. The van der Waals surface area contributed by atoms with Crippen LogP contribution in [0.15, 0.2) is 24.3 Å². The summed E-state index contributed by atoms with van der Waals surface area (Å²) in [5.41, 5.74) is 0. The van der Waals surface area contributed by atoms with E-state index >= 15 is 0 Å². The third kappa shape index (κ3) is 24.0. The molecule has 0 radical (unpaired) electrons. The summed E-state index contributed by atoms with van der Waals surface area (Å²) in [6.45, 7) is 4.30. The molecule has 0 aliphatic carbocycles. The molecule has 1 aliphatic rings. The van der Waals surface area contributed by atoms with E-state index in [0.717, 1.165) is 64.2 Å². The highest BCUT2D eigenvalue weighted by Crippen LogP contribution is 2.22. The molecule has 1 rings (SSSR count). The monoisotopic (exact) mass is 712 g/mol. The largest absolute Gasteiger partial charge is 0.391 e. The summed E-state index contributed by atoms with van der Waals surface area (Å²) in [7, 11) is 0. The lowest BCUT2D eigenvalue weighted by molar-refractivity contribution is -0.341. The molecule has 6 N–H and O–H groups in total. The molecule has 0 aromatic heterocycles. The first-order valence-electron chi connectivity index (χ1n) is 20.6. The fourth-order valence-electron chi connectivity index (χ4n) is 6.38. The highest BCUT2D eigenvalue weighted by Gasteiger charge is 2.44. The number of aliphatic hydroxyl groups is 5. The molecule has 0 bridgehead atoms. The predicted octanol–water partition coefficient (Wildman–Crippen LogP) is 7.90. The van der Waals surface area contributed by atoms with Crippen LogP contribution in [-0.2, 0) is 14.3 Å². The van der Waals surface area contributed by atoms with Gasteiger partial charge in [-0.05, 0) is 38.5 Å². The average molecular weight is 712 g/mol. The van der Waals surface area contributed by atoms with E-state index in [1.165, 1.54) is 89.9 Å². The van der Waals surface area contributed by atoms with E-state index in [1.807, 2.05) is 0 Å². The minimum Gasteiger partial charge on any atom is -0.391 e. The molecule has 5 unspecified atom stereocenters. The summed E-state index contributed by atoms with van der Waals surface area (Å²) >= 11 is 0. The Morgan fingerprint density at radius 3 is 1.64 bits per heavy atom. The number of amides is 1. The van der Waals surface area contributed by atoms with Crippen molar-refractivity contribution in [2.45, 2.75) is 224 Å². The van der Waals surface area contributed by atoms with Crippen molar-refractivity contribution >= 4 is 5.91 Å². The van der Waals surface area contributed by atoms with Crippen molar-refractivity contribution in [3.63, 3.8) is 0 Å². The molecule has 9 heteroatoms. The number of rotatable bonds is 33. The first-order chi connectivity index (χ1) is 24.3. The fourth-order valence-corrected chi connectivity index (χ4v) is 6.38. The van der Waals surface area contributed by atoms with Crippen molar-refractivity contribution in [2.24, 2.45) is 0 Å². The van der Waals surface area contributed by atoms with Crippen LogP contribution in [0.1, 0.15) is 181 Å². The van der Waals surface area contributed by atoms with Crippen LogP contribution in [0.25, 0.3) is 0 Å². The number of nitrogens with one attached hydrogen (secondary N) is 1. The van der Waals surface area contributed by atoms with Gasteiger partial charge in [-0.15, -0.1) is 0 Å². The summed E-state index contributed by atoms with van der Waals surface area (Å²) in [5, 5.41) is 53.8. The number of unbranched alkanes of at least 4 members (excludes halogenated alkanes) is 21. The maximum atomic E-state index is 12.9. The molecule has 1 amide bonds. The van der Waals surface area contributed by atoms with E-state index in [0.29, 0.717) is 12.8 Å². The van der Waals surface area contributed by atoms with Crippen LogP contribution in [-0.4, -0.2) is 81.1 Å². The van der Waals surface area contributed by atoms with Crippen LogP contribution in [0.4, 0.5) is 0 Å². The molecule has 1 saturated heterocycles. The van der Waals surface area contributed by atoms with E-state index in [-0.39, 0.29) is 12.5 Å². The van der Waals surface area contributed by atoms with Gasteiger partial charge in [0.1, 0.15) is 18.3 Å². The number of aliphatic hydroxyl groups excluding tert-OH is 5. The quantitative estimate of drug-likeness (QED) is 0.0297. The van der Waals surface area contributed by atoms with Crippen molar-refractivity contribution in [1.29, 1.82) is 0 Å². The second-order valence-electron chi connectivity index (χ2n) is 14.5. The van der Waals surface area contributed by atoms with Gasteiger partial charge >= 0.3 is 0 Å². The van der Waals surface area contributed by atoms with Crippen LogP contribution >= 0.6 is 0 Å². The molecule has 50 heavy (non-hydrogen) atoms. The maximum absolute atomic E-state index is 12.9. The Balaban J connectivity index is 2.36. The molecule has 294 valence electrons. The minimum atomic E-state index is -1.72. The molecule has 1 fully saturated rings. The second-order valence-corrected chi connectivity index (χ2v) is 14.5. The number of hydrogen-bond donors (Lipinski definition) is 6. The molecule has 0 saturated carbocycles. The van der Waals surface area contributed by atoms with Gasteiger partial charge in [0.2, 0.25) is 5.91 Å². The Hall–Kier alpha value is -1.33. The number of hydrogen-bond acceptors (Lipinski definition) is 8. The SMILES string of the molecule is CCCCCC/C=C/C=C/CCCCCCCC(=O)N[C@@H](COC1OC(O)C(O)C(O)C1O)[C@H](O)CCCCCCCCCCCCCCC. The van der Waals surface area contributed by atoms with Gasteiger partial charge < -0.3 is 40.3 Å². The van der Waals surface area contributed by atoms with Crippen LogP contribution in [0.2, 0.25) is 0 Å². The molecule has 9 nitrogen and oxygen atoms in total. The standard InChI is InChI=1S/C41H77NO8/c1-3-5-7-9-11-13-15-17-18-20-22-24-26-28-30-32-36(44)42-34(33-49-41-39(47)37(45)38(46)40(48)50-41)35(43)31-29-27-25-23-21-19-16-14-12-10-8-6-4-2/h13,15,17-18,34-35,37-41,43,45-48H,3-12,14,16,19-33H2,1-2H3,(H,42,44)/b15-13+,18-17+/t34-,35+,37?,38?,39?,40?,41?/m0/s1. The predicted molar refractivity (Wildman–Crippen MR) is 202 cm³/mol. The minimum absolute atomic E-state index is 0.173. The molecule has 0 spiro atoms. The van der Waals surface area contributed by atoms with Gasteiger partial charge in [-0.2, -0.15) is 0 Å². The summed E-state index contributed by atoms with van der Waals surface area (Å²) in [5.74, 6) is -0.173. The van der Waals surface area contributed by atoms with E-state index in [9.17, 15) is 30.3 Å². The van der Waals surface area contributed by atoms with Gasteiger partial charge in [0, 0.05) is 6.42 Å². The number of allylic oxidation sites excluding steroid dienone is 4. The van der Waals surface area contributed by atoms with Crippen LogP contribution < -0.4 is 5.32 Å². The number of carbonyl (C=O) groups excluding carboxylic acids is 1. The Bertz CT molecular complexity index is 839. The van der Waals surface area contributed by atoms with Crippen molar-refractivity contribution < 1.29 is 39.8 Å². The lowest BCUT2D eigenvalue weighted by Crippen LogP contribution is -2.59. The molecule has 7 atom stereocenters. The first-order valence-corrected chi connectivity index (χ1v) is 20.6. The molecule has 0 aromatic rings. The fraction of sp³-hybridized carbons (Fsp3) is 0.878. The van der Waals surface area contributed by atoms with Gasteiger partial charge in [-0.1, -0.05) is 160 Å². The third-order valence-corrected chi connectivity index (χ3v) is 9.78. The summed E-state index contributed by atoms with van der Waals surface area (Å²) in [4.78, 5) is 12.9. The van der Waals surface area contributed by atoms with Crippen LogP contribution in [0.5, 0.6) is 0 Å². The Kier molecular flexibility index (Phi) is 30.2. The van der Waals surface area contributed by atoms with E-state index < -0.39 is 43.0 Å². The molecule has 0 aromatic carbocycles. The zero-order valence-corrected chi connectivity index (χ0v) is 31.9. The smallest absolute Gasteiger partial charge is 0.220 e. The third-order valence-electron chi connectivity index (χ3n) is 9.78. The topological polar surface area (TPSA) is 149 Å². The van der Waals surface area contributed by atoms with Gasteiger partial charge in [0.15, 0.2) is 12.6 Å². The van der Waals surface area contributed by atoms with E-state index in [4.69, 9.17) is 9.47 Å². The average Bonchev–Trinajstić information content (AvgIpc) is 3.11. The second kappa shape index (κ2) is 32.3. The Morgan fingerprint density at radius 1 is 0.640 bits per heavy atom. The number of ether oxygens (including phenoxy) is 2. The summed E-state index contributed by atoms with van der Waals surface area (Å²) < 4.78 is 10.8. The van der Waals surface area contributed by atoms with E-state index in [2.05, 4.69) is 43.5 Å². The highest BCUT2D eigenvalue weighted by molar-refractivity contribution is 5.76. The Morgan fingerprint density at radius 2 is 1.10 bits per heavy atom. The van der Waals surface area contributed by atoms with Crippen molar-refractivity contribution in [2.75, 3.05) is 6.61 Å². The Labute approximate surface area is 305 Å². The number of carbonyl (C=O) groups is 1. The van der Waals surface area contributed by atoms with Crippen molar-refractivity contribution in [3.8, 4) is 0 Å². The molecule has 1 aliphatic heterocycles. The zero-order valence-electron chi connectivity index (χ0n) is 31.9. The van der Waals surface area contributed by atoms with Crippen molar-refractivity contribution in [1.82, 2.24) is 5.32 Å².